The molecule has 1 aromatic rings. The smallest absolute Gasteiger partial charge is 0.330 e. The van der Waals surface area contributed by atoms with E-state index in [-0.39, 0.29) is 17.0 Å². The lowest BCUT2D eigenvalue weighted by Gasteiger charge is -2.16. The highest BCUT2D eigenvalue weighted by atomic mass is 16.5. The third-order valence-electron chi connectivity index (χ3n) is 3.75. The average molecular weight is 265 g/mol. The standard InChI is InChI=1S/C14H23N3O2/c1-6-14(7-8-14)16-11(18)17-9-10(13(2,3)4)15-12(17)19-5/h9H,6-8H2,1-5H3,(H,16,18). The molecule has 1 aliphatic rings. The molecule has 1 aromatic heterocycles. The van der Waals surface area contributed by atoms with Crippen LogP contribution in [0.2, 0.25) is 0 Å². The molecule has 1 fully saturated rings. The fourth-order valence-corrected chi connectivity index (χ4v) is 2.02. The first-order valence-electron chi connectivity index (χ1n) is 6.78. The van der Waals surface area contributed by atoms with Gasteiger partial charge in [0.1, 0.15) is 0 Å². The van der Waals surface area contributed by atoms with Gasteiger partial charge in [0.2, 0.25) is 0 Å². The Morgan fingerprint density at radius 1 is 1.53 bits per heavy atom. The number of aromatic nitrogens is 2. The van der Waals surface area contributed by atoms with E-state index in [9.17, 15) is 4.79 Å². The predicted molar refractivity (Wildman–Crippen MR) is 73.7 cm³/mol. The van der Waals surface area contributed by atoms with Crippen molar-refractivity contribution in [2.75, 3.05) is 7.11 Å². The summed E-state index contributed by atoms with van der Waals surface area (Å²) in [5.74, 6) is 0. The number of rotatable bonds is 3. The molecular formula is C14H23N3O2. The number of imidazole rings is 1. The van der Waals surface area contributed by atoms with Crippen molar-refractivity contribution in [1.82, 2.24) is 14.9 Å². The number of carbonyl (C=O) groups is 1. The summed E-state index contributed by atoms with van der Waals surface area (Å²) in [6, 6.07) is 0.188. The van der Waals surface area contributed by atoms with Crippen LogP contribution >= 0.6 is 0 Å². The summed E-state index contributed by atoms with van der Waals surface area (Å²) in [7, 11) is 1.53. The molecule has 1 heterocycles. The van der Waals surface area contributed by atoms with Gasteiger partial charge in [0.05, 0.1) is 12.8 Å². The number of nitrogens with one attached hydrogen (secondary N) is 1. The fraction of sp³-hybridized carbons (Fsp3) is 0.714. The zero-order valence-electron chi connectivity index (χ0n) is 12.4. The van der Waals surface area contributed by atoms with Gasteiger partial charge in [-0.1, -0.05) is 27.7 Å². The molecular weight excluding hydrogens is 242 g/mol. The minimum absolute atomic E-state index is 0.00569. The van der Waals surface area contributed by atoms with Crippen molar-refractivity contribution in [2.45, 2.75) is 57.9 Å². The zero-order chi connectivity index (χ0) is 14.3. The van der Waals surface area contributed by atoms with Gasteiger partial charge in [0, 0.05) is 17.2 Å². The number of hydrogen-bond acceptors (Lipinski definition) is 3. The second kappa shape index (κ2) is 4.54. The fourth-order valence-electron chi connectivity index (χ4n) is 2.02. The predicted octanol–water partition coefficient (Wildman–Crippen LogP) is 2.69. The molecule has 0 radical (unpaired) electrons. The highest BCUT2D eigenvalue weighted by Crippen LogP contribution is 2.38. The Morgan fingerprint density at radius 2 is 2.16 bits per heavy atom. The van der Waals surface area contributed by atoms with Crippen molar-refractivity contribution < 1.29 is 9.53 Å². The highest BCUT2D eigenvalue weighted by Gasteiger charge is 2.42. The molecule has 1 N–H and O–H groups in total. The largest absolute Gasteiger partial charge is 0.468 e. The van der Waals surface area contributed by atoms with E-state index in [4.69, 9.17) is 4.74 Å². The lowest BCUT2D eigenvalue weighted by atomic mass is 9.93. The molecule has 19 heavy (non-hydrogen) atoms. The van der Waals surface area contributed by atoms with Crippen LogP contribution in [0.1, 0.15) is 52.7 Å². The number of nitrogens with zero attached hydrogens (tertiary/aromatic N) is 2. The number of ether oxygens (including phenoxy) is 1. The Hall–Kier alpha value is -1.52. The van der Waals surface area contributed by atoms with Crippen LogP contribution in [0.15, 0.2) is 6.20 Å². The van der Waals surface area contributed by atoms with E-state index in [1.54, 1.807) is 6.20 Å². The molecule has 0 unspecified atom stereocenters. The first-order chi connectivity index (χ1) is 8.81. The Bertz CT molecular complexity index is 481. The average Bonchev–Trinajstić information content (AvgIpc) is 2.95. The summed E-state index contributed by atoms with van der Waals surface area (Å²) < 4.78 is 6.67. The Kier molecular flexibility index (Phi) is 3.32. The van der Waals surface area contributed by atoms with E-state index >= 15 is 0 Å². The maximum absolute atomic E-state index is 12.3. The van der Waals surface area contributed by atoms with Gasteiger partial charge >= 0.3 is 12.0 Å². The molecule has 1 aliphatic carbocycles. The number of hydrogen-bond donors (Lipinski definition) is 1. The van der Waals surface area contributed by atoms with Crippen molar-refractivity contribution in [2.24, 2.45) is 0 Å². The Balaban J connectivity index is 2.23. The minimum Gasteiger partial charge on any atom is -0.468 e. The number of methoxy groups -OCH3 is 1. The summed E-state index contributed by atoms with van der Waals surface area (Å²) in [4.78, 5) is 16.7. The molecule has 0 aromatic carbocycles. The van der Waals surface area contributed by atoms with Crippen molar-refractivity contribution in [3.05, 3.63) is 11.9 Å². The summed E-state index contributed by atoms with van der Waals surface area (Å²) >= 11 is 0. The first kappa shape index (κ1) is 13.9. The lowest BCUT2D eigenvalue weighted by Crippen LogP contribution is -2.39. The first-order valence-corrected chi connectivity index (χ1v) is 6.78. The topological polar surface area (TPSA) is 56.2 Å². The van der Waals surface area contributed by atoms with Gasteiger partial charge in [0.25, 0.3) is 0 Å². The van der Waals surface area contributed by atoms with Crippen LogP contribution in [0.3, 0.4) is 0 Å². The third-order valence-corrected chi connectivity index (χ3v) is 3.75. The van der Waals surface area contributed by atoms with Gasteiger partial charge in [-0.2, -0.15) is 4.98 Å². The number of amides is 1. The molecule has 0 spiro atoms. The number of carbonyl (C=O) groups excluding carboxylic acids is 1. The molecule has 106 valence electrons. The Labute approximate surface area is 114 Å². The third kappa shape index (κ3) is 2.74. The van der Waals surface area contributed by atoms with E-state index in [1.165, 1.54) is 11.7 Å². The molecule has 1 saturated carbocycles. The van der Waals surface area contributed by atoms with Crippen LogP contribution in [-0.2, 0) is 5.41 Å². The van der Waals surface area contributed by atoms with E-state index in [1.807, 2.05) is 0 Å². The molecule has 0 atom stereocenters. The molecule has 0 bridgehead atoms. The van der Waals surface area contributed by atoms with E-state index < -0.39 is 0 Å². The van der Waals surface area contributed by atoms with E-state index in [0.29, 0.717) is 6.01 Å². The van der Waals surface area contributed by atoms with Crippen molar-refractivity contribution in [3.8, 4) is 6.01 Å². The zero-order valence-corrected chi connectivity index (χ0v) is 12.4. The van der Waals surface area contributed by atoms with Crippen LogP contribution in [0.4, 0.5) is 4.79 Å². The lowest BCUT2D eigenvalue weighted by molar-refractivity contribution is 0.232. The normalized spacial score (nSPS) is 17.1. The van der Waals surface area contributed by atoms with Crippen LogP contribution in [0.5, 0.6) is 6.01 Å². The maximum atomic E-state index is 12.3. The van der Waals surface area contributed by atoms with Gasteiger partial charge in [-0.3, -0.25) is 0 Å². The van der Waals surface area contributed by atoms with Gasteiger partial charge in [-0.25, -0.2) is 9.36 Å². The molecule has 0 aliphatic heterocycles. The van der Waals surface area contributed by atoms with Crippen LogP contribution < -0.4 is 10.1 Å². The monoisotopic (exact) mass is 265 g/mol. The molecule has 5 nitrogen and oxygen atoms in total. The maximum Gasteiger partial charge on any atom is 0.330 e. The minimum atomic E-state index is -0.154. The van der Waals surface area contributed by atoms with Crippen molar-refractivity contribution >= 4 is 6.03 Å². The van der Waals surface area contributed by atoms with E-state index in [2.05, 4.69) is 38.0 Å². The quantitative estimate of drug-likeness (QED) is 0.914. The SMILES string of the molecule is CCC1(NC(=O)n2cc(C(C)(C)C)nc2OC)CC1. The second-order valence-corrected chi connectivity index (χ2v) is 6.30. The van der Waals surface area contributed by atoms with Crippen LogP contribution in [0.25, 0.3) is 0 Å². The summed E-state index contributed by atoms with van der Waals surface area (Å²) in [5.41, 5.74) is 0.732. The van der Waals surface area contributed by atoms with Gasteiger partial charge in [-0.15, -0.1) is 0 Å². The van der Waals surface area contributed by atoms with Gasteiger partial charge < -0.3 is 10.1 Å². The molecule has 2 rings (SSSR count). The molecule has 5 heteroatoms. The summed E-state index contributed by atoms with van der Waals surface area (Å²) in [6.07, 6.45) is 4.83. The van der Waals surface area contributed by atoms with Crippen LogP contribution in [0, 0.1) is 0 Å². The Morgan fingerprint density at radius 3 is 2.58 bits per heavy atom. The van der Waals surface area contributed by atoms with E-state index in [0.717, 1.165) is 25.0 Å². The molecule has 0 saturated heterocycles. The van der Waals surface area contributed by atoms with Gasteiger partial charge in [0.15, 0.2) is 0 Å². The second-order valence-electron chi connectivity index (χ2n) is 6.30. The summed E-state index contributed by atoms with van der Waals surface area (Å²) in [6.45, 7) is 8.28. The van der Waals surface area contributed by atoms with Crippen molar-refractivity contribution in [1.29, 1.82) is 0 Å². The highest BCUT2D eigenvalue weighted by molar-refractivity contribution is 5.79. The summed E-state index contributed by atoms with van der Waals surface area (Å²) in [5, 5.41) is 3.08. The molecule has 1 amide bonds. The van der Waals surface area contributed by atoms with Crippen LogP contribution in [-0.4, -0.2) is 28.2 Å². The van der Waals surface area contributed by atoms with Gasteiger partial charge in [-0.05, 0) is 19.3 Å². The van der Waals surface area contributed by atoms with Crippen molar-refractivity contribution in [3.63, 3.8) is 0 Å².